The number of nitrogens with zero attached hydrogens (tertiary/aromatic N) is 2. The number of carbonyl (C=O) groups is 1. The van der Waals surface area contributed by atoms with Crippen molar-refractivity contribution in [2.75, 3.05) is 37.3 Å². The summed E-state index contributed by atoms with van der Waals surface area (Å²) in [5.74, 6) is 1.14. The smallest absolute Gasteiger partial charge is 0.241 e. The summed E-state index contributed by atoms with van der Waals surface area (Å²) in [7, 11) is 0. The molecule has 1 fully saturated rings. The fraction of sp³-hybridized carbons (Fsp3) is 0.571. The Morgan fingerprint density at radius 2 is 2.20 bits per heavy atom. The highest BCUT2D eigenvalue weighted by Crippen LogP contribution is 2.21. The molecule has 1 aliphatic heterocycles. The number of nitrogens with one attached hydrogen (secondary N) is 1. The number of rotatable bonds is 6. The van der Waals surface area contributed by atoms with Crippen LogP contribution in [0.1, 0.15) is 26.2 Å². The van der Waals surface area contributed by atoms with Crippen LogP contribution < -0.4 is 15.8 Å². The van der Waals surface area contributed by atoms with Crippen LogP contribution in [0.5, 0.6) is 5.88 Å². The molecule has 110 valence electrons. The Kier molecular flexibility index (Phi) is 5.03. The van der Waals surface area contributed by atoms with E-state index in [-0.39, 0.29) is 12.5 Å². The van der Waals surface area contributed by atoms with Crippen molar-refractivity contribution in [3.8, 4) is 5.88 Å². The van der Waals surface area contributed by atoms with Crippen molar-refractivity contribution in [1.82, 2.24) is 9.88 Å². The molecule has 0 radical (unpaired) electrons. The molecule has 20 heavy (non-hydrogen) atoms. The second-order valence-corrected chi connectivity index (χ2v) is 4.88. The fourth-order valence-electron chi connectivity index (χ4n) is 2.11. The maximum absolute atomic E-state index is 11.9. The summed E-state index contributed by atoms with van der Waals surface area (Å²) < 4.78 is 5.46. The van der Waals surface area contributed by atoms with Gasteiger partial charge in [-0.2, -0.15) is 4.98 Å². The van der Waals surface area contributed by atoms with Gasteiger partial charge in [-0.3, -0.25) is 4.79 Å². The molecule has 3 N–H and O–H groups in total. The molecule has 0 aromatic carbocycles. The van der Waals surface area contributed by atoms with Crippen molar-refractivity contribution in [3.63, 3.8) is 0 Å². The monoisotopic (exact) mass is 278 g/mol. The van der Waals surface area contributed by atoms with Gasteiger partial charge in [-0.1, -0.05) is 6.92 Å². The SMILES string of the molecule is CCCOc1nc(NCC(=O)N2CCCC2)ccc1N. The fourth-order valence-corrected chi connectivity index (χ4v) is 2.11. The van der Waals surface area contributed by atoms with Crippen molar-refractivity contribution in [2.24, 2.45) is 0 Å². The first-order valence-corrected chi connectivity index (χ1v) is 7.11. The van der Waals surface area contributed by atoms with Crippen LogP contribution in [-0.4, -0.2) is 42.0 Å². The summed E-state index contributed by atoms with van der Waals surface area (Å²) in [6, 6.07) is 3.49. The van der Waals surface area contributed by atoms with E-state index in [0.717, 1.165) is 32.4 Å². The molecule has 1 aromatic heterocycles. The van der Waals surface area contributed by atoms with Crippen molar-refractivity contribution < 1.29 is 9.53 Å². The zero-order chi connectivity index (χ0) is 14.4. The maximum Gasteiger partial charge on any atom is 0.241 e. The Hall–Kier alpha value is -1.98. The Morgan fingerprint density at radius 3 is 2.90 bits per heavy atom. The third-order valence-corrected chi connectivity index (χ3v) is 3.21. The molecule has 0 bridgehead atoms. The highest BCUT2D eigenvalue weighted by atomic mass is 16.5. The molecule has 0 spiro atoms. The molecule has 2 heterocycles. The van der Waals surface area contributed by atoms with Gasteiger partial charge in [-0.15, -0.1) is 0 Å². The molecule has 1 aromatic rings. The van der Waals surface area contributed by atoms with Gasteiger partial charge in [-0.25, -0.2) is 0 Å². The van der Waals surface area contributed by atoms with E-state index in [4.69, 9.17) is 10.5 Å². The van der Waals surface area contributed by atoms with Crippen LogP contribution >= 0.6 is 0 Å². The number of carbonyl (C=O) groups excluding carboxylic acids is 1. The van der Waals surface area contributed by atoms with Gasteiger partial charge in [0.25, 0.3) is 0 Å². The minimum atomic E-state index is 0.108. The number of amides is 1. The Balaban J connectivity index is 1.90. The van der Waals surface area contributed by atoms with Gasteiger partial charge in [0.1, 0.15) is 5.82 Å². The van der Waals surface area contributed by atoms with Gasteiger partial charge in [0.2, 0.25) is 11.8 Å². The molecule has 2 rings (SSSR count). The third-order valence-electron chi connectivity index (χ3n) is 3.21. The molecule has 1 amide bonds. The van der Waals surface area contributed by atoms with E-state index in [1.54, 1.807) is 12.1 Å². The number of anilines is 2. The van der Waals surface area contributed by atoms with Crippen LogP contribution in [-0.2, 0) is 4.79 Å². The predicted molar refractivity (Wildman–Crippen MR) is 78.7 cm³/mol. The van der Waals surface area contributed by atoms with E-state index < -0.39 is 0 Å². The average molecular weight is 278 g/mol. The minimum Gasteiger partial charge on any atom is -0.476 e. The predicted octanol–water partition coefficient (Wildman–Crippen LogP) is 1.49. The van der Waals surface area contributed by atoms with Crippen LogP contribution in [0.3, 0.4) is 0 Å². The molecule has 6 nitrogen and oxygen atoms in total. The number of aromatic nitrogens is 1. The maximum atomic E-state index is 11.9. The van der Waals surface area contributed by atoms with Crippen LogP contribution in [0.2, 0.25) is 0 Å². The highest BCUT2D eigenvalue weighted by molar-refractivity contribution is 5.80. The van der Waals surface area contributed by atoms with E-state index in [0.29, 0.717) is 24.0 Å². The summed E-state index contributed by atoms with van der Waals surface area (Å²) in [5, 5.41) is 3.03. The molecule has 0 atom stereocenters. The number of likely N-dealkylation sites (tertiary alicyclic amines) is 1. The summed E-state index contributed by atoms with van der Waals surface area (Å²) in [5.41, 5.74) is 6.30. The van der Waals surface area contributed by atoms with Crippen molar-refractivity contribution in [3.05, 3.63) is 12.1 Å². The van der Waals surface area contributed by atoms with Crippen LogP contribution in [0.15, 0.2) is 12.1 Å². The van der Waals surface area contributed by atoms with Crippen LogP contribution in [0, 0.1) is 0 Å². The summed E-state index contributed by atoms with van der Waals surface area (Å²) in [6.07, 6.45) is 3.09. The minimum absolute atomic E-state index is 0.108. The first-order chi connectivity index (χ1) is 9.70. The Labute approximate surface area is 119 Å². The van der Waals surface area contributed by atoms with Gasteiger partial charge in [-0.05, 0) is 31.4 Å². The lowest BCUT2D eigenvalue weighted by atomic mass is 10.4. The Bertz CT molecular complexity index is 458. The first-order valence-electron chi connectivity index (χ1n) is 7.11. The molecule has 6 heteroatoms. The van der Waals surface area contributed by atoms with Gasteiger partial charge < -0.3 is 20.7 Å². The lowest BCUT2D eigenvalue weighted by molar-refractivity contribution is -0.128. The molecular formula is C14H22N4O2. The zero-order valence-electron chi connectivity index (χ0n) is 11.9. The number of hydrogen-bond acceptors (Lipinski definition) is 5. The molecule has 1 saturated heterocycles. The molecule has 0 aliphatic carbocycles. The lowest BCUT2D eigenvalue weighted by Gasteiger charge is -2.16. The van der Waals surface area contributed by atoms with Crippen molar-refractivity contribution >= 4 is 17.4 Å². The van der Waals surface area contributed by atoms with E-state index in [2.05, 4.69) is 10.3 Å². The summed E-state index contributed by atoms with van der Waals surface area (Å²) in [4.78, 5) is 18.1. The zero-order valence-corrected chi connectivity index (χ0v) is 11.9. The standard InChI is InChI=1S/C14H22N4O2/c1-2-9-20-14-11(15)5-6-12(17-14)16-10-13(19)18-7-3-4-8-18/h5-6H,2-4,7-10,15H2,1H3,(H,16,17). The second-order valence-electron chi connectivity index (χ2n) is 4.88. The Morgan fingerprint density at radius 1 is 1.45 bits per heavy atom. The highest BCUT2D eigenvalue weighted by Gasteiger charge is 2.17. The van der Waals surface area contributed by atoms with Crippen LogP contribution in [0.4, 0.5) is 11.5 Å². The number of pyridine rings is 1. The lowest BCUT2D eigenvalue weighted by Crippen LogP contribution is -2.33. The van der Waals surface area contributed by atoms with E-state index >= 15 is 0 Å². The third kappa shape index (κ3) is 3.76. The van der Waals surface area contributed by atoms with Gasteiger partial charge in [0, 0.05) is 13.1 Å². The van der Waals surface area contributed by atoms with Crippen LogP contribution in [0.25, 0.3) is 0 Å². The molecule has 1 aliphatic rings. The van der Waals surface area contributed by atoms with E-state index in [1.807, 2.05) is 11.8 Å². The number of ether oxygens (including phenoxy) is 1. The molecule has 0 unspecified atom stereocenters. The van der Waals surface area contributed by atoms with Gasteiger partial charge >= 0.3 is 0 Å². The molecule has 0 saturated carbocycles. The normalized spacial score (nSPS) is 14.3. The van der Waals surface area contributed by atoms with E-state index in [1.165, 1.54) is 0 Å². The average Bonchev–Trinajstić information content (AvgIpc) is 2.99. The number of nitrogens with two attached hydrogens (primary N) is 1. The molecular weight excluding hydrogens is 256 g/mol. The van der Waals surface area contributed by atoms with E-state index in [9.17, 15) is 4.79 Å². The summed E-state index contributed by atoms with van der Waals surface area (Å²) in [6.45, 7) is 4.57. The first kappa shape index (κ1) is 14.4. The van der Waals surface area contributed by atoms with Gasteiger partial charge in [0.05, 0.1) is 18.8 Å². The summed E-state index contributed by atoms with van der Waals surface area (Å²) >= 11 is 0. The number of hydrogen-bond donors (Lipinski definition) is 2. The largest absolute Gasteiger partial charge is 0.476 e. The quantitative estimate of drug-likeness (QED) is 0.824. The van der Waals surface area contributed by atoms with Gasteiger partial charge in [0.15, 0.2) is 0 Å². The number of nitrogen functional groups attached to an aromatic ring is 1. The topological polar surface area (TPSA) is 80.5 Å². The van der Waals surface area contributed by atoms with Crippen molar-refractivity contribution in [1.29, 1.82) is 0 Å². The van der Waals surface area contributed by atoms with Crippen molar-refractivity contribution in [2.45, 2.75) is 26.2 Å². The second kappa shape index (κ2) is 6.98.